The topological polar surface area (TPSA) is 47.0 Å². The van der Waals surface area contributed by atoms with Crippen molar-refractivity contribution in [3.63, 3.8) is 0 Å². The first kappa shape index (κ1) is 13.0. The molecule has 0 aliphatic carbocycles. The zero-order chi connectivity index (χ0) is 11.8. The van der Waals surface area contributed by atoms with E-state index >= 15 is 0 Å². The van der Waals surface area contributed by atoms with Crippen molar-refractivity contribution in [2.75, 3.05) is 0 Å². The second kappa shape index (κ2) is 4.46. The summed E-state index contributed by atoms with van der Waals surface area (Å²) < 4.78 is 47.5. The van der Waals surface area contributed by atoms with Crippen LogP contribution in [0.15, 0.2) is 11.1 Å². The number of aryl methyl sites for hydroxylation is 1. The average molecular weight is 368 g/mol. The monoisotopic (exact) mass is 367 g/mol. The molecule has 0 aliphatic heterocycles. The largest absolute Gasteiger partial charge is 0.267 e. The van der Waals surface area contributed by atoms with Crippen LogP contribution in [0, 0.1) is 10.6 Å². The Bertz CT molecular complexity index is 492. The van der Waals surface area contributed by atoms with Crippen molar-refractivity contribution in [2.24, 2.45) is 0 Å². The van der Waals surface area contributed by atoms with Crippen LogP contribution in [0.5, 0.6) is 0 Å². The van der Waals surface area contributed by atoms with Gasteiger partial charge in [-0.3, -0.25) is 0 Å². The highest BCUT2D eigenvalue weighted by molar-refractivity contribution is 14.1. The minimum atomic E-state index is -4.18. The molecule has 0 saturated carbocycles. The highest BCUT2D eigenvalue weighted by Crippen LogP contribution is 2.33. The van der Waals surface area contributed by atoms with E-state index in [-0.39, 0.29) is 9.26 Å². The van der Waals surface area contributed by atoms with E-state index in [1.807, 2.05) is 0 Å². The van der Waals surface area contributed by atoms with Gasteiger partial charge in [0.2, 0.25) is 0 Å². The van der Waals surface area contributed by atoms with Crippen molar-refractivity contribution in [1.82, 2.24) is 4.98 Å². The van der Waals surface area contributed by atoms with Gasteiger partial charge < -0.3 is 0 Å². The van der Waals surface area contributed by atoms with Crippen molar-refractivity contribution < 1.29 is 17.2 Å². The summed E-state index contributed by atoms with van der Waals surface area (Å²) in [4.78, 5) is 3.11. The van der Waals surface area contributed by atoms with Crippen molar-refractivity contribution >= 4 is 42.3 Å². The van der Waals surface area contributed by atoms with Crippen LogP contribution in [0.4, 0.5) is 8.78 Å². The van der Waals surface area contributed by atoms with Crippen LogP contribution in [-0.2, 0) is 9.05 Å². The number of pyridine rings is 1. The first-order valence-electron chi connectivity index (χ1n) is 3.63. The maximum Gasteiger partial charge on any atom is 0.267 e. The molecule has 84 valence electrons. The lowest BCUT2D eigenvalue weighted by molar-refractivity contribution is 0.146. The molecule has 0 amide bonds. The van der Waals surface area contributed by atoms with Gasteiger partial charge in [-0.15, -0.1) is 0 Å². The van der Waals surface area contributed by atoms with Gasteiger partial charge in [-0.25, -0.2) is 22.2 Å². The van der Waals surface area contributed by atoms with E-state index in [1.54, 1.807) is 22.6 Å². The highest BCUT2D eigenvalue weighted by atomic mass is 127. The van der Waals surface area contributed by atoms with Crippen molar-refractivity contribution in [3.8, 4) is 0 Å². The van der Waals surface area contributed by atoms with E-state index in [9.17, 15) is 17.2 Å². The molecule has 1 rings (SSSR count). The summed E-state index contributed by atoms with van der Waals surface area (Å²) in [7, 11) is 0.909. The van der Waals surface area contributed by atoms with Crippen molar-refractivity contribution in [3.05, 3.63) is 21.0 Å². The number of rotatable bonds is 2. The molecule has 3 nitrogen and oxygen atoms in total. The summed E-state index contributed by atoms with van der Waals surface area (Å²) in [5, 5.41) is 0. The second-order valence-electron chi connectivity index (χ2n) is 2.71. The quantitative estimate of drug-likeness (QED) is 0.459. The van der Waals surface area contributed by atoms with Crippen molar-refractivity contribution in [2.45, 2.75) is 18.2 Å². The van der Waals surface area contributed by atoms with Gasteiger partial charge in [-0.1, -0.05) is 0 Å². The van der Waals surface area contributed by atoms with Crippen LogP contribution < -0.4 is 0 Å². The smallest absolute Gasteiger partial charge is 0.249 e. The predicted octanol–water partition coefficient (Wildman–Crippen LogP) is 2.86. The molecule has 0 N–H and O–H groups in total. The molecule has 0 unspecified atom stereocenters. The van der Waals surface area contributed by atoms with Crippen LogP contribution in [0.2, 0.25) is 0 Å². The fourth-order valence-electron chi connectivity index (χ4n) is 1.10. The minimum absolute atomic E-state index is 0.0626. The molecule has 0 aromatic carbocycles. The van der Waals surface area contributed by atoms with Gasteiger partial charge in [-0.2, -0.15) is 0 Å². The van der Waals surface area contributed by atoms with Gasteiger partial charge in [0.15, 0.2) is 0 Å². The molecule has 0 radical (unpaired) electrons. The third kappa shape index (κ3) is 2.76. The zero-order valence-corrected chi connectivity index (χ0v) is 11.1. The minimum Gasteiger partial charge on any atom is -0.249 e. The standard InChI is InChI=1S/C7H5ClF2INO2S/c1-3-2-12-7(11)4(6(9)10)5(3)15(8,13)14/h2,6H,1H3. The van der Waals surface area contributed by atoms with Gasteiger partial charge in [0.25, 0.3) is 15.5 Å². The second-order valence-corrected chi connectivity index (χ2v) is 6.24. The molecule has 0 saturated heterocycles. The average Bonchev–Trinajstić information content (AvgIpc) is 2.05. The Labute approximate surface area is 103 Å². The molecule has 0 aliphatic rings. The van der Waals surface area contributed by atoms with E-state index in [4.69, 9.17) is 10.7 Å². The van der Waals surface area contributed by atoms with Crippen molar-refractivity contribution in [1.29, 1.82) is 0 Å². The van der Waals surface area contributed by atoms with Gasteiger partial charge >= 0.3 is 0 Å². The summed E-state index contributed by atoms with van der Waals surface area (Å²) in [6, 6.07) is 0. The van der Waals surface area contributed by atoms with Gasteiger partial charge in [0.05, 0.1) is 10.5 Å². The van der Waals surface area contributed by atoms with Crippen LogP contribution in [0.1, 0.15) is 17.6 Å². The lowest BCUT2D eigenvalue weighted by Crippen LogP contribution is -2.06. The summed E-state index contributed by atoms with van der Waals surface area (Å²) in [5.41, 5.74) is -0.522. The summed E-state index contributed by atoms with van der Waals surface area (Å²) in [5.74, 6) is 0. The third-order valence-electron chi connectivity index (χ3n) is 1.66. The van der Waals surface area contributed by atoms with Gasteiger partial charge in [0, 0.05) is 16.9 Å². The van der Waals surface area contributed by atoms with E-state index < -0.39 is 25.9 Å². The summed E-state index contributed by atoms with van der Waals surface area (Å²) >= 11 is 1.54. The van der Waals surface area contributed by atoms with Gasteiger partial charge in [-0.05, 0) is 35.1 Å². The van der Waals surface area contributed by atoms with Crippen LogP contribution in [0.3, 0.4) is 0 Å². The number of hydrogen-bond acceptors (Lipinski definition) is 3. The Morgan fingerprint density at radius 1 is 1.53 bits per heavy atom. The zero-order valence-electron chi connectivity index (χ0n) is 7.34. The SMILES string of the molecule is Cc1cnc(I)c(C(F)F)c1S(=O)(=O)Cl. The Morgan fingerprint density at radius 2 is 2.07 bits per heavy atom. The van der Waals surface area contributed by atoms with Crippen LogP contribution in [0.25, 0.3) is 0 Å². The molecular weight excluding hydrogens is 363 g/mol. The number of hydrogen-bond donors (Lipinski definition) is 0. The lowest BCUT2D eigenvalue weighted by Gasteiger charge is -2.09. The Morgan fingerprint density at radius 3 is 2.40 bits per heavy atom. The number of halogens is 4. The summed E-state index contributed by atoms with van der Waals surface area (Å²) in [6.45, 7) is 1.37. The molecule has 1 heterocycles. The number of alkyl halides is 2. The lowest BCUT2D eigenvalue weighted by atomic mass is 10.2. The van der Waals surface area contributed by atoms with E-state index in [0.29, 0.717) is 0 Å². The third-order valence-corrected chi connectivity index (χ3v) is 4.01. The molecular formula is C7H5ClF2INO2S. The molecule has 1 aromatic heterocycles. The van der Waals surface area contributed by atoms with Crippen LogP contribution >= 0.6 is 33.3 Å². The molecule has 0 spiro atoms. The van der Waals surface area contributed by atoms with Crippen LogP contribution in [-0.4, -0.2) is 13.4 Å². The van der Waals surface area contributed by atoms with E-state index in [0.717, 1.165) is 0 Å². The molecule has 1 aromatic rings. The summed E-state index contributed by atoms with van der Waals surface area (Å²) in [6.07, 6.45) is -1.73. The highest BCUT2D eigenvalue weighted by Gasteiger charge is 2.27. The Kier molecular flexibility index (Phi) is 3.88. The maximum absolute atomic E-state index is 12.6. The molecule has 0 bridgehead atoms. The first-order valence-corrected chi connectivity index (χ1v) is 7.01. The molecule has 15 heavy (non-hydrogen) atoms. The Balaban J connectivity index is 3.68. The normalized spacial score (nSPS) is 12.1. The molecule has 0 atom stereocenters. The predicted molar refractivity (Wildman–Crippen MR) is 59.7 cm³/mol. The van der Waals surface area contributed by atoms with Gasteiger partial charge in [0.1, 0.15) is 3.70 Å². The molecule has 8 heteroatoms. The van der Waals surface area contributed by atoms with E-state index in [1.165, 1.54) is 13.1 Å². The molecule has 0 fully saturated rings. The first-order chi connectivity index (χ1) is 6.75. The fourth-order valence-corrected chi connectivity index (χ4v) is 3.43. The number of nitrogens with zero attached hydrogens (tertiary/aromatic N) is 1. The number of aromatic nitrogens is 1. The maximum atomic E-state index is 12.6. The fraction of sp³-hybridized carbons (Fsp3) is 0.286. The Hall–Kier alpha value is -0.0200. The van der Waals surface area contributed by atoms with E-state index in [2.05, 4.69) is 4.98 Å².